The minimum absolute atomic E-state index is 0.0686. The SMILES string of the molecule is Cc1c(NC(=O)N(C)C[C@H](C)C(N)=O)cccc1[N+](=O)[O-]. The van der Waals surface area contributed by atoms with E-state index in [-0.39, 0.29) is 12.2 Å². The predicted molar refractivity (Wildman–Crippen MR) is 77.8 cm³/mol. The molecule has 3 N–H and O–H groups in total. The van der Waals surface area contributed by atoms with Crippen LogP contribution in [0.5, 0.6) is 0 Å². The van der Waals surface area contributed by atoms with Crippen molar-refractivity contribution in [1.82, 2.24) is 4.90 Å². The Balaban J connectivity index is 2.82. The fourth-order valence-electron chi connectivity index (χ4n) is 1.75. The van der Waals surface area contributed by atoms with Gasteiger partial charge in [0.05, 0.1) is 22.1 Å². The molecule has 114 valence electrons. The van der Waals surface area contributed by atoms with Gasteiger partial charge in [-0.3, -0.25) is 14.9 Å². The zero-order chi connectivity index (χ0) is 16.2. The van der Waals surface area contributed by atoms with Crippen molar-refractivity contribution in [2.75, 3.05) is 18.9 Å². The number of nitro groups is 1. The molecule has 0 radical (unpaired) electrons. The fraction of sp³-hybridized carbons (Fsp3) is 0.385. The Hall–Kier alpha value is -2.64. The lowest BCUT2D eigenvalue weighted by molar-refractivity contribution is -0.385. The van der Waals surface area contributed by atoms with Crippen molar-refractivity contribution < 1.29 is 14.5 Å². The molecule has 1 aromatic rings. The average Bonchev–Trinajstić information content (AvgIpc) is 2.40. The summed E-state index contributed by atoms with van der Waals surface area (Å²) >= 11 is 0. The zero-order valence-electron chi connectivity index (χ0n) is 12.1. The molecule has 0 bridgehead atoms. The van der Waals surface area contributed by atoms with Gasteiger partial charge < -0.3 is 16.0 Å². The number of nitrogens with zero attached hydrogens (tertiary/aromatic N) is 2. The summed E-state index contributed by atoms with van der Waals surface area (Å²) in [5.41, 5.74) is 5.80. The maximum atomic E-state index is 12.0. The summed E-state index contributed by atoms with van der Waals surface area (Å²) < 4.78 is 0. The zero-order valence-corrected chi connectivity index (χ0v) is 12.1. The molecule has 0 aliphatic rings. The Morgan fingerprint density at radius 2 is 2.10 bits per heavy atom. The highest BCUT2D eigenvalue weighted by Crippen LogP contribution is 2.25. The maximum absolute atomic E-state index is 12.0. The molecule has 0 spiro atoms. The van der Waals surface area contributed by atoms with E-state index < -0.39 is 22.8 Å². The highest BCUT2D eigenvalue weighted by atomic mass is 16.6. The van der Waals surface area contributed by atoms with Crippen LogP contribution in [0.15, 0.2) is 18.2 Å². The van der Waals surface area contributed by atoms with Crippen molar-refractivity contribution >= 4 is 23.3 Å². The van der Waals surface area contributed by atoms with Crippen LogP contribution >= 0.6 is 0 Å². The predicted octanol–water partition coefficient (Wildman–Crippen LogP) is 1.49. The van der Waals surface area contributed by atoms with Crippen LogP contribution in [-0.2, 0) is 4.79 Å². The van der Waals surface area contributed by atoms with E-state index in [2.05, 4.69) is 5.32 Å². The number of hydrogen-bond acceptors (Lipinski definition) is 4. The average molecular weight is 294 g/mol. The Morgan fingerprint density at radius 3 is 2.62 bits per heavy atom. The molecular weight excluding hydrogens is 276 g/mol. The number of anilines is 1. The first-order valence-electron chi connectivity index (χ1n) is 6.29. The number of amides is 3. The van der Waals surface area contributed by atoms with E-state index in [0.29, 0.717) is 11.3 Å². The highest BCUT2D eigenvalue weighted by molar-refractivity contribution is 5.91. The summed E-state index contributed by atoms with van der Waals surface area (Å²) in [5.74, 6) is -0.979. The second-order valence-electron chi connectivity index (χ2n) is 4.82. The van der Waals surface area contributed by atoms with E-state index in [1.165, 1.54) is 24.1 Å². The lowest BCUT2D eigenvalue weighted by atomic mass is 10.1. The third-order valence-corrected chi connectivity index (χ3v) is 3.12. The second-order valence-corrected chi connectivity index (χ2v) is 4.82. The molecule has 0 heterocycles. The molecule has 0 unspecified atom stereocenters. The van der Waals surface area contributed by atoms with Crippen LogP contribution in [0.2, 0.25) is 0 Å². The molecule has 3 amide bonds. The van der Waals surface area contributed by atoms with E-state index >= 15 is 0 Å². The van der Waals surface area contributed by atoms with Crippen LogP contribution in [0.4, 0.5) is 16.2 Å². The van der Waals surface area contributed by atoms with E-state index in [0.717, 1.165) is 0 Å². The number of carbonyl (C=O) groups excluding carboxylic acids is 2. The maximum Gasteiger partial charge on any atom is 0.321 e. The molecular formula is C13H18N4O4. The van der Waals surface area contributed by atoms with Crippen LogP contribution < -0.4 is 11.1 Å². The molecule has 0 saturated carbocycles. The molecule has 0 aromatic heterocycles. The second kappa shape index (κ2) is 6.69. The van der Waals surface area contributed by atoms with E-state index in [4.69, 9.17) is 5.73 Å². The van der Waals surface area contributed by atoms with Gasteiger partial charge >= 0.3 is 6.03 Å². The summed E-state index contributed by atoms with van der Waals surface area (Å²) in [6.07, 6.45) is 0. The number of primary amides is 1. The van der Waals surface area contributed by atoms with Crippen LogP contribution in [0.1, 0.15) is 12.5 Å². The van der Waals surface area contributed by atoms with E-state index in [9.17, 15) is 19.7 Å². The first-order valence-corrected chi connectivity index (χ1v) is 6.29. The molecule has 0 aliphatic heterocycles. The standard InChI is InChI=1S/C13H18N4O4/c1-8(12(14)18)7-16(3)13(19)15-10-5-4-6-11(9(10)2)17(20)21/h4-6,8H,7H2,1-3H3,(H2,14,18)(H,15,19)/t8-/m0/s1. The van der Waals surface area contributed by atoms with Gasteiger partial charge in [0.25, 0.3) is 5.69 Å². The number of nitrogens with two attached hydrogens (primary N) is 1. The van der Waals surface area contributed by atoms with E-state index in [1.807, 2.05) is 0 Å². The third-order valence-electron chi connectivity index (χ3n) is 3.12. The fourth-order valence-corrected chi connectivity index (χ4v) is 1.75. The monoisotopic (exact) mass is 294 g/mol. The summed E-state index contributed by atoms with van der Waals surface area (Å²) in [7, 11) is 1.52. The first-order chi connectivity index (χ1) is 9.73. The molecule has 1 aromatic carbocycles. The van der Waals surface area contributed by atoms with Crippen molar-refractivity contribution in [3.05, 3.63) is 33.9 Å². The van der Waals surface area contributed by atoms with Gasteiger partial charge in [0.2, 0.25) is 5.91 Å². The highest BCUT2D eigenvalue weighted by Gasteiger charge is 2.19. The van der Waals surface area contributed by atoms with Crippen LogP contribution in [-0.4, -0.2) is 35.4 Å². The summed E-state index contributed by atoms with van der Waals surface area (Å²) in [5, 5.41) is 13.4. The van der Waals surface area contributed by atoms with Gasteiger partial charge in [0, 0.05) is 19.7 Å². The normalized spacial score (nSPS) is 11.6. The van der Waals surface area contributed by atoms with Gasteiger partial charge in [-0.1, -0.05) is 13.0 Å². The molecule has 8 heteroatoms. The van der Waals surface area contributed by atoms with Gasteiger partial charge in [0.15, 0.2) is 0 Å². The number of carbonyl (C=O) groups is 2. The number of hydrogen-bond donors (Lipinski definition) is 2. The summed E-state index contributed by atoms with van der Waals surface area (Å²) in [4.78, 5) is 34.6. The lowest BCUT2D eigenvalue weighted by Crippen LogP contribution is -2.38. The van der Waals surface area contributed by atoms with Crippen molar-refractivity contribution in [3.8, 4) is 0 Å². The smallest absolute Gasteiger partial charge is 0.321 e. The number of rotatable bonds is 5. The Bertz CT molecular complexity index is 573. The largest absolute Gasteiger partial charge is 0.369 e. The first kappa shape index (κ1) is 16.4. The van der Waals surface area contributed by atoms with Crippen molar-refractivity contribution in [3.63, 3.8) is 0 Å². The van der Waals surface area contributed by atoms with Gasteiger partial charge in [-0.25, -0.2) is 4.79 Å². The Morgan fingerprint density at radius 1 is 1.48 bits per heavy atom. The van der Waals surface area contributed by atoms with E-state index in [1.54, 1.807) is 19.9 Å². The number of benzene rings is 1. The molecule has 0 aliphatic carbocycles. The third kappa shape index (κ3) is 4.16. The van der Waals surface area contributed by atoms with Crippen LogP contribution in [0, 0.1) is 23.0 Å². The number of nitrogens with one attached hydrogen (secondary N) is 1. The summed E-state index contributed by atoms with van der Waals surface area (Å²) in [6.45, 7) is 3.33. The molecule has 8 nitrogen and oxygen atoms in total. The van der Waals surface area contributed by atoms with Gasteiger partial charge in [-0.05, 0) is 13.0 Å². The molecule has 1 atom stereocenters. The summed E-state index contributed by atoms with van der Waals surface area (Å²) in [6, 6.07) is 3.97. The molecule has 1 rings (SSSR count). The van der Waals surface area contributed by atoms with Crippen molar-refractivity contribution in [2.45, 2.75) is 13.8 Å². The molecule has 0 fully saturated rings. The van der Waals surface area contributed by atoms with Crippen molar-refractivity contribution in [1.29, 1.82) is 0 Å². The molecule has 21 heavy (non-hydrogen) atoms. The quantitative estimate of drug-likeness (QED) is 0.631. The van der Waals surface area contributed by atoms with Gasteiger partial charge in [-0.15, -0.1) is 0 Å². The number of urea groups is 1. The minimum Gasteiger partial charge on any atom is -0.369 e. The Kier molecular flexibility index (Phi) is 5.23. The minimum atomic E-state index is -0.510. The van der Waals surface area contributed by atoms with Crippen LogP contribution in [0.3, 0.4) is 0 Å². The molecule has 0 saturated heterocycles. The number of nitro benzene ring substituents is 1. The lowest BCUT2D eigenvalue weighted by Gasteiger charge is -2.21. The van der Waals surface area contributed by atoms with Crippen LogP contribution in [0.25, 0.3) is 0 Å². The Labute approximate surface area is 122 Å². The van der Waals surface area contributed by atoms with Crippen molar-refractivity contribution in [2.24, 2.45) is 11.7 Å². The van der Waals surface area contributed by atoms with Gasteiger partial charge in [0.1, 0.15) is 0 Å². The van der Waals surface area contributed by atoms with Gasteiger partial charge in [-0.2, -0.15) is 0 Å². The topological polar surface area (TPSA) is 119 Å².